The molecule has 2 rings (SSSR count). The molecule has 0 spiro atoms. The first kappa shape index (κ1) is 23.2. The molecule has 136 valence electrons. The zero-order valence-corrected chi connectivity index (χ0v) is 18.4. The van der Waals surface area contributed by atoms with Crippen LogP contribution in [-0.4, -0.2) is 13.0 Å². The van der Waals surface area contributed by atoms with Gasteiger partial charge in [-0.05, 0) is 42.7 Å². The van der Waals surface area contributed by atoms with Crippen LogP contribution in [0.5, 0.6) is 11.5 Å². The zero-order chi connectivity index (χ0) is 18.1. The summed E-state index contributed by atoms with van der Waals surface area (Å²) in [6.07, 6.45) is 8.28. The molecule has 0 aromatic heterocycles. The summed E-state index contributed by atoms with van der Waals surface area (Å²) in [6.45, 7) is 2.21. The topological polar surface area (TPSA) is 66.4 Å². The van der Waals surface area contributed by atoms with Crippen molar-refractivity contribution >= 4 is 10.1 Å². The standard InChI is InChI=1S/C20H26O4S.Na/c1-2-3-4-5-6-7-11-17-12-8-9-15-20(17)24-18-13-10-14-19(16-18)25(21,22)23;/h8-10,12-16H,2-7,11H2,1H3,(H,21,22,23);/q;+1/p-1. The van der Waals surface area contributed by atoms with E-state index in [2.05, 4.69) is 6.92 Å². The van der Waals surface area contributed by atoms with Crippen molar-refractivity contribution in [3.05, 3.63) is 54.1 Å². The predicted octanol–water partition coefficient (Wildman–Crippen LogP) is 2.29. The van der Waals surface area contributed by atoms with Crippen LogP contribution < -0.4 is 34.3 Å². The molecular formula is C20H25NaO4S. The Morgan fingerprint density at radius 1 is 0.923 bits per heavy atom. The number of ether oxygens (including phenoxy) is 1. The van der Waals surface area contributed by atoms with Gasteiger partial charge in [0.2, 0.25) is 0 Å². The van der Waals surface area contributed by atoms with E-state index in [9.17, 15) is 13.0 Å². The second kappa shape index (κ2) is 11.8. The van der Waals surface area contributed by atoms with Crippen LogP contribution in [-0.2, 0) is 16.5 Å². The summed E-state index contributed by atoms with van der Waals surface area (Å²) in [5.74, 6) is 1.06. The van der Waals surface area contributed by atoms with Crippen molar-refractivity contribution in [2.75, 3.05) is 0 Å². The van der Waals surface area contributed by atoms with E-state index in [0.29, 0.717) is 11.5 Å². The first-order chi connectivity index (χ1) is 12.0. The van der Waals surface area contributed by atoms with Crippen LogP contribution in [0.1, 0.15) is 51.0 Å². The molecule has 0 fully saturated rings. The summed E-state index contributed by atoms with van der Waals surface area (Å²) in [4.78, 5) is -0.279. The Kier molecular flexibility index (Phi) is 10.5. The van der Waals surface area contributed by atoms with Gasteiger partial charge in [0.25, 0.3) is 0 Å². The molecule has 0 heterocycles. The number of aryl methyl sites for hydroxylation is 1. The third-order valence-corrected chi connectivity index (χ3v) is 4.93. The predicted molar refractivity (Wildman–Crippen MR) is 98.0 cm³/mol. The maximum atomic E-state index is 11.1. The maximum absolute atomic E-state index is 11.1. The minimum absolute atomic E-state index is 0. The Morgan fingerprint density at radius 3 is 2.35 bits per heavy atom. The van der Waals surface area contributed by atoms with E-state index in [0.717, 1.165) is 18.4 Å². The molecule has 0 radical (unpaired) electrons. The van der Waals surface area contributed by atoms with Gasteiger partial charge in [-0.3, -0.25) is 0 Å². The van der Waals surface area contributed by atoms with Gasteiger partial charge in [0.15, 0.2) is 0 Å². The Hall–Kier alpha value is -0.850. The van der Waals surface area contributed by atoms with Gasteiger partial charge in [-0.25, -0.2) is 8.42 Å². The van der Waals surface area contributed by atoms with E-state index in [4.69, 9.17) is 4.74 Å². The van der Waals surface area contributed by atoms with Crippen molar-refractivity contribution in [2.45, 2.75) is 56.8 Å². The van der Waals surface area contributed by atoms with Gasteiger partial charge in [-0.15, -0.1) is 0 Å². The van der Waals surface area contributed by atoms with Gasteiger partial charge < -0.3 is 9.29 Å². The van der Waals surface area contributed by atoms with Gasteiger partial charge >= 0.3 is 29.6 Å². The van der Waals surface area contributed by atoms with E-state index >= 15 is 0 Å². The van der Waals surface area contributed by atoms with Crippen molar-refractivity contribution < 1.29 is 47.3 Å². The molecule has 0 saturated heterocycles. The van der Waals surface area contributed by atoms with E-state index in [1.807, 2.05) is 24.3 Å². The molecule has 6 heteroatoms. The quantitative estimate of drug-likeness (QED) is 0.358. The SMILES string of the molecule is CCCCCCCCc1ccccc1Oc1cccc(S(=O)(=O)[O-])c1.[Na+]. The monoisotopic (exact) mass is 384 g/mol. The molecular weight excluding hydrogens is 359 g/mol. The first-order valence-electron chi connectivity index (χ1n) is 8.82. The molecule has 2 aromatic carbocycles. The molecule has 4 nitrogen and oxygen atoms in total. The van der Waals surface area contributed by atoms with Crippen LogP contribution in [0.15, 0.2) is 53.4 Å². The van der Waals surface area contributed by atoms with Gasteiger partial charge in [0, 0.05) is 0 Å². The van der Waals surface area contributed by atoms with Gasteiger partial charge in [-0.1, -0.05) is 63.3 Å². The third-order valence-electron chi connectivity index (χ3n) is 4.09. The van der Waals surface area contributed by atoms with Crippen LogP contribution in [0.4, 0.5) is 0 Å². The minimum atomic E-state index is -4.48. The smallest absolute Gasteiger partial charge is 0.744 e. The fourth-order valence-electron chi connectivity index (χ4n) is 2.73. The molecule has 0 N–H and O–H groups in total. The molecule has 0 amide bonds. The molecule has 0 aliphatic heterocycles. The van der Waals surface area contributed by atoms with E-state index < -0.39 is 10.1 Å². The number of para-hydroxylation sites is 1. The molecule has 0 aliphatic carbocycles. The molecule has 2 aromatic rings. The summed E-state index contributed by atoms with van der Waals surface area (Å²) in [5, 5.41) is 0. The number of rotatable bonds is 10. The summed E-state index contributed by atoms with van der Waals surface area (Å²) in [5.41, 5.74) is 1.09. The maximum Gasteiger partial charge on any atom is 1.00 e. The van der Waals surface area contributed by atoms with Crippen LogP contribution in [0.3, 0.4) is 0 Å². The number of hydrogen-bond donors (Lipinski definition) is 0. The molecule has 26 heavy (non-hydrogen) atoms. The molecule has 0 aliphatic rings. The molecule has 0 bridgehead atoms. The number of benzene rings is 2. The van der Waals surface area contributed by atoms with Gasteiger partial charge in [0.1, 0.15) is 21.6 Å². The van der Waals surface area contributed by atoms with E-state index in [-0.39, 0.29) is 34.5 Å². The van der Waals surface area contributed by atoms with E-state index in [1.165, 1.54) is 50.3 Å². The largest absolute Gasteiger partial charge is 1.00 e. The summed E-state index contributed by atoms with van der Waals surface area (Å²) < 4.78 is 39.3. The van der Waals surface area contributed by atoms with Crippen LogP contribution >= 0.6 is 0 Å². The van der Waals surface area contributed by atoms with Crippen molar-refractivity contribution in [1.82, 2.24) is 0 Å². The zero-order valence-electron chi connectivity index (χ0n) is 15.6. The molecule has 0 saturated carbocycles. The molecule has 0 atom stereocenters. The Bertz CT molecular complexity index is 775. The summed E-state index contributed by atoms with van der Waals surface area (Å²) in [7, 11) is -4.48. The van der Waals surface area contributed by atoms with Gasteiger partial charge in [-0.2, -0.15) is 0 Å². The minimum Gasteiger partial charge on any atom is -0.744 e. The Balaban J connectivity index is 0.00000338. The van der Waals surface area contributed by atoms with E-state index in [1.54, 1.807) is 6.07 Å². The number of hydrogen-bond acceptors (Lipinski definition) is 4. The average Bonchev–Trinajstić information content (AvgIpc) is 2.59. The molecule has 0 unspecified atom stereocenters. The fraction of sp³-hybridized carbons (Fsp3) is 0.400. The third kappa shape index (κ3) is 7.80. The van der Waals surface area contributed by atoms with Crippen molar-refractivity contribution in [2.24, 2.45) is 0 Å². The number of unbranched alkanes of at least 4 members (excludes halogenated alkanes) is 5. The summed E-state index contributed by atoms with van der Waals surface area (Å²) in [6, 6.07) is 13.4. The van der Waals surface area contributed by atoms with Crippen LogP contribution in [0.25, 0.3) is 0 Å². The Labute approximate surface area is 179 Å². The summed E-state index contributed by atoms with van der Waals surface area (Å²) >= 11 is 0. The fourth-order valence-corrected chi connectivity index (χ4v) is 3.23. The van der Waals surface area contributed by atoms with Gasteiger partial charge in [0.05, 0.1) is 4.90 Å². The van der Waals surface area contributed by atoms with Crippen molar-refractivity contribution in [1.29, 1.82) is 0 Å². The average molecular weight is 384 g/mol. The van der Waals surface area contributed by atoms with Crippen molar-refractivity contribution in [3.63, 3.8) is 0 Å². The normalized spacial score (nSPS) is 11.0. The second-order valence-electron chi connectivity index (χ2n) is 6.16. The van der Waals surface area contributed by atoms with Crippen LogP contribution in [0.2, 0.25) is 0 Å². The Morgan fingerprint density at radius 2 is 1.62 bits per heavy atom. The second-order valence-corrected chi connectivity index (χ2v) is 7.54. The van der Waals surface area contributed by atoms with Crippen molar-refractivity contribution in [3.8, 4) is 11.5 Å². The first-order valence-corrected chi connectivity index (χ1v) is 10.2. The van der Waals surface area contributed by atoms with Crippen LogP contribution in [0, 0.1) is 0 Å².